The number of anilines is 1. The number of amides is 1. The Balaban J connectivity index is 1.72. The number of benzene rings is 1. The average molecular weight is 402 g/mol. The molecular formula is C19H19N3O3S2. The minimum Gasteiger partial charge on any atom is -0.462 e. The molecule has 0 spiro atoms. The SMILES string of the molecule is CCOC(=O)c1ccccc1NC(=O)CSc1ncnc2sc(C)c(C)c12. The Bertz CT molecular complexity index is 1000. The second-order valence-corrected chi connectivity index (χ2v) is 7.91. The molecule has 140 valence electrons. The number of ether oxygens (including phenoxy) is 1. The van der Waals surface area contributed by atoms with Gasteiger partial charge in [0.15, 0.2) is 0 Å². The molecule has 0 saturated carbocycles. The molecule has 0 aliphatic carbocycles. The number of thiophene rings is 1. The standard InChI is InChI=1S/C19H19N3O3S2/c1-4-25-19(24)13-7-5-6-8-14(13)22-15(23)9-26-17-16-11(2)12(3)27-18(16)21-10-20-17/h5-8,10H,4,9H2,1-3H3,(H,22,23). The fourth-order valence-electron chi connectivity index (χ4n) is 2.56. The molecule has 0 bridgehead atoms. The van der Waals surface area contributed by atoms with Gasteiger partial charge in [0.05, 0.1) is 23.6 Å². The van der Waals surface area contributed by atoms with Crippen molar-refractivity contribution in [1.82, 2.24) is 9.97 Å². The van der Waals surface area contributed by atoms with Crippen LogP contribution in [-0.2, 0) is 9.53 Å². The van der Waals surface area contributed by atoms with Gasteiger partial charge in [-0.05, 0) is 38.5 Å². The van der Waals surface area contributed by atoms with Crippen LogP contribution in [0, 0.1) is 13.8 Å². The van der Waals surface area contributed by atoms with Crippen LogP contribution in [0.5, 0.6) is 0 Å². The highest BCUT2D eigenvalue weighted by atomic mass is 32.2. The fraction of sp³-hybridized carbons (Fsp3) is 0.263. The van der Waals surface area contributed by atoms with Crippen LogP contribution < -0.4 is 5.32 Å². The van der Waals surface area contributed by atoms with Crippen LogP contribution in [-0.4, -0.2) is 34.2 Å². The summed E-state index contributed by atoms with van der Waals surface area (Å²) < 4.78 is 5.03. The molecule has 0 aliphatic rings. The lowest BCUT2D eigenvalue weighted by Crippen LogP contribution is -2.17. The number of nitrogens with one attached hydrogen (secondary N) is 1. The number of fused-ring (bicyclic) bond motifs is 1. The Morgan fingerprint density at radius 1 is 1.22 bits per heavy atom. The lowest BCUT2D eigenvalue weighted by molar-refractivity contribution is -0.113. The van der Waals surface area contributed by atoms with E-state index in [1.54, 1.807) is 42.5 Å². The molecule has 3 aromatic rings. The van der Waals surface area contributed by atoms with Gasteiger partial charge in [0.25, 0.3) is 0 Å². The zero-order valence-electron chi connectivity index (χ0n) is 15.2. The second-order valence-electron chi connectivity index (χ2n) is 5.75. The monoisotopic (exact) mass is 401 g/mol. The van der Waals surface area contributed by atoms with Gasteiger partial charge < -0.3 is 10.1 Å². The Kier molecular flexibility index (Phi) is 6.08. The Hall–Kier alpha value is -2.45. The van der Waals surface area contributed by atoms with Crippen molar-refractivity contribution in [2.75, 3.05) is 17.7 Å². The molecule has 0 aliphatic heterocycles. The van der Waals surface area contributed by atoms with E-state index in [0.717, 1.165) is 20.8 Å². The maximum atomic E-state index is 12.4. The number of rotatable bonds is 6. The van der Waals surface area contributed by atoms with Crippen molar-refractivity contribution in [3.05, 3.63) is 46.6 Å². The summed E-state index contributed by atoms with van der Waals surface area (Å²) in [7, 11) is 0. The summed E-state index contributed by atoms with van der Waals surface area (Å²) in [6.45, 7) is 6.11. The van der Waals surface area contributed by atoms with Crippen LogP contribution in [0.25, 0.3) is 10.2 Å². The van der Waals surface area contributed by atoms with E-state index < -0.39 is 5.97 Å². The third-order valence-corrected chi connectivity index (χ3v) is 6.07. The summed E-state index contributed by atoms with van der Waals surface area (Å²) in [4.78, 5) is 35.2. The molecule has 3 rings (SSSR count). The van der Waals surface area contributed by atoms with Crippen molar-refractivity contribution in [1.29, 1.82) is 0 Å². The van der Waals surface area contributed by atoms with Crippen LogP contribution in [0.1, 0.15) is 27.7 Å². The molecule has 0 atom stereocenters. The van der Waals surface area contributed by atoms with Gasteiger partial charge in [0, 0.05) is 10.3 Å². The number of esters is 1. The smallest absolute Gasteiger partial charge is 0.340 e. The normalized spacial score (nSPS) is 10.8. The molecule has 8 heteroatoms. The van der Waals surface area contributed by atoms with E-state index in [-0.39, 0.29) is 18.3 Å². The lowest BCUT2D eigenvalue weighted by Gasteiger charge is -2.10. The third-order valence-electron chi connectivity index (χ3n) is 3.97. The summed E-state index contributed by atoms with van der Waals surface area (Å²) in [5.41, 5.74) is 1.93. The van der Waals surface area contributed by atoms with Crippen LogP contribution in [0.4, 0.5) is 5.69 Å². The molecule has 1 N–H and O–H groups in total. The number of nitrogens with zero attached hydrogens (tertiary/aromatic N) is 2. The summed E-state index contributed by atoms with van der Waals surface area (Å²) >= 11 is 2.98. The number of aryl methyl sites for hydroxylation is 2. The van der Waals surface area contributed by atoms with Gasteiger partial charge in [-0.15, -0.1) is 11.3 Å². The summed E-state index contributed by atoms with van der Waals surface area (Å²) in [6, 6.07) is 6.81. The van der Waals surface area contributed by atoms with E-state index >= 15 is 0 Å². The van der Waals surface area contributed by atoms with Crippen LogP contribution >= 0.6 is 23.1 Å². The molecule has 2 heterocycles. The van der Waals surface area contributed by atoms with Gasteiger partial charge in [-0.1, -0.05) is 23.9 Å². The first-order chi connectivity index (χ1) is 13.0. The van der Waals surface area contributed by atoms with Crippen molar-refractivity contribution >= 4 is 50.9 Å². The van der Waals surface area contributed by atoms with Gasteiger partial charge in [0.1, 0.15) is 16.2 Å². The highest BCUT2D eigenvalue weighted by Gasteiger charge is 2.16. The molecule has 27 heavy (non-hydrogen) atoms. The third kappa shape index (κ3) is 4.28. The van der Waals surface area contributed by atoms with Crippen molar-refractivity contribution in [2.24, 2.45) is 0 Å². The number of carbonyl (C=O) groups is 2. The molecule has 0 saturated heterocycles. The highest BCUT2D eigenvalue weighted by molar-refractivity contribution is 8.00. The van der Waals surface area contributed by atoms with Crippen LogP contribution in [0.2, 0.25) is 0 Å². The van der Waals surface area contributed by atoms with Crippen molar-refractivity contribution < 1.29 is 14.3 Å². The predicted molar refractivity (Wildman–Crippen MR) is 109 cm³/mol. The minimum atomic E-state index is -0.456. The summed E-state index contributed by atoms with van der Waals surface area (Å²) in [5, 5.41) is 4.58. The van der Waals surface area contributed by atoms with Crippen LogP contribution in [0.3, 0.4) is 0 Å². The largest absolute Gasteiger partial charge is 0.462 e. The Morgan fingerprint density at radius 2 is 2.00 bits per heavy atom. The van der Waals surface area contributed by atoms with E-state index in [0.29, 0.717) is 11.3 Å². The zero-order chi connectivity index (χ0) is 19.4. The van der Waals surface area contributed by atoms with Gasteiger partial charge in [0.2, 0.25) is 5.91 Å². The van der Waals surface area contributed by atoms with E-state index in [4.69, 9.17) is 4.74 Å². The zero-order valence-corrected chi connectivity index (χ0v) is 16.9. The van der Waals surface area contributed by atoms with Crippen molar-refractivity contribution in [3.8, 4) is 0 Å². The Labute approximate surface area is 165 Å². The number of thioether (sulfide) groups is 1. The molecule has 0 fully saturated rings. The highest BCUT2D eigenvalue weighted by Crippen LogP contribution is 2.34. The first-order valence-corrected chi connectivity index (χ1v) is 10.2. The van der Waals surface area contributed by atoms with Crippen LogP contribution in [0.15, 0.2) is 35.6 Å². The van der Waals surface area contributed by atoms with E-state index in [9.17, 15) is 9.59 Å². The van der Waals surface area contributed by atoms with Gasteiger partial charge >= 0.3 is 5.97 Å². The number of para-hydroxylation sites is 1. The van der Waals surface area contributed by atoms with Crippen molar-refractivity contribution in [3.63, 3.8) is 0 Å². The minimum absolute atomic E-state index is 0.178. The molecule has 0 unspecified atom stereocenters. The molecule has 6 nitrogen and oxygen atoms in total. The van der Waals surface area contributed by atoms with Gasteiger partial charge in [-0.25, -0.2) is 14.8 Å². The Morgan fingerprint density at radius 3 is 2.78 bits per heavy atom. The molecule has 1 amide bonds. The van der Waals surface area contributed by atoms with E-state index in [1.807, 2.05) is 6.92 Å². The number of aromatic nitrogens is 2. The van der Waals surface area contributed by atoms with Gasteiger partial charge in [-0.2, -0.15) is 0 Å². The van der Waals surface area contributed by atoms with E-state index in [2.05, 4.69) is 22.2 Å². The second kappa shape index (κ2) is 8.49. The molecular weight excluding hydrogens is 382 g/mol. The predicted octanol–water partition coefficient (Wildman–Crippen LogP) is 4.22. The van der Waals surface area contributed by atoms with Gasteiger partial charge in [-0.3, -0.25) is 4.79 Å². The number of carbonyl (C=O) groups excluding carboxylic acids is 2. The van der Waals surface area contributed by atoms with E-state index in [1.165, 1.54) is 23.0 Å². The molecule has 1 aromatic carbocycles. The molecule has 0 radical (unpaired) electrons. The maximum Gasteiger partial charge on any atom is 0.340 e. The first-order valence-electron chi connectivity index (χ1n) is 8.40. The quantitative estimate of drug-likeness (QED) is 0.378. The summed E-state index contributed by atoms with van der Waals surface area (Å²) in [5.74, 6) is -0.492. The number of hydrogen-bond donors (Lipinski definition) is 1. The fourth-order valence-corrected chi connectivity index (χ4v) is 4.48. The number of hydrogen-bond acceptors (Lipinski definition) is 7. The first kappa shape index (κ1) is 19.3. The topological polar surface area (TPSA) is 81.2 Å². The lowest BCUT2D eigenvalue weighted by atomic mass is 10.2. The summed E-state index contributed by atoms with van der Waals surface area (Å²) in [6.07, 6.45) is 1.52. The maximum absolute atomic E-state index is 12.4. The average Bonchev–Trinajstić information content (AvgIpc) is 2.95. The molecule has 2 aromatic heterocycles. The van der Waals surface area contributed by atoms with Crippen molar-refractivity contribution in [2.45, 2.75) is 25.8 Å².